The van der Waals surface area contributed by atoms with Gasteiger partial charge in [-0.25, -0.2) is 14.4 Å². The molecule has 2 heterocycles. The SMILES string of the molecule is C[C@H](Nc1ncnc(N)c1C#N)c1nnc2ccc(F)cc2c1-c1ccccc1. The average molecular weight is 385 g/mol. The minimum Gasteiger partial charge on any atom is -0.382 e. The van der Waals surface area contributed by atoms with Crippen LogP contribution in [0.5, 0.6) is 0 Å². The molecule has 1 atom stereocenters. The number of benzene rings is 2. The highest BCUT2D eigenvalue weighted by atomic mass is 19.1. The van der Waals surface area contributed by atoms with Crippen LogP contribution >= 0.6 is 0 Å². The molecular formula is C21H16FN7. The predicted molar refractivity (Wildman–Crippen MR) is 108 cm³/mol. The first-order chi connectivity index (χ1) is 14.1. The van der Waals surface area contributed by atoms with E-state index in [1.54, 1.807) is 6.07 Å². The Labute approximate surface area is 166 Å². The molecule has 3 N–H and O–H groups in total. The van der Waals surface area contributed by atoms with Gasteiger partial charge in [-0.3, -0.25) is 0 Å². The number of hydrogen-bond donors (Lipinski definition) is 2. The Balaban J connectivity index is 1.88. The van der Waals surface area contributed by atoms with Crippen LogP contribution in [0.1, 0.15) is 24.2 Å². The third-order valence-electron chi connectivity index (χ3n) is 4.56. The van der Waals surface area contributed by atoms with E-state index in [0.717, 1.165) is 11.1 Å². The lowest BCUT2D eigenvalue weighted by atomic mass is 9.96. The minimum absolute atomic E-state index is 0.0900. The van der Waals surface area contributed by atoms with Crippen molar-refractivity contribution in [2.24, 2.45) is 0 Å². The Kier molecular flexibility index (Phi) is 4.71. The highest BCUT2D eigenvalue weighted by Crippen LogP contribution is 2.34. The number of hydrogen-bond acceptors (Lipinski definition) is 7. The first-order valence-electron chi connectivity index (χ1n) is 8.87. The standard InChI is InChI=1S/C21H16FN7/c1-12(27-21-16(10-23)20(24)25-11-26-21)19-18(13-5-3-2-4-6-13)15-9-14(22)7-8-17(15)28-29-19/h2-9,11-12H,1H3,(H3,24,25,26,27)/t12-/m0/s1. The number of rotatable bonds is 4. The van der Waals surface area contributed by atoms with Gasteiger partial charge in [0.05, 0.1) is 17.3 Å². The number of nitriles is 1. The van der Waals surface area contributed by atoms with Gasteiger partial charge < -0.3 is 11.1 Å². The summed E-state index contributed by atoms with van der Waals surface area (Å²) in [6, 6.07) is 15.6. The lowest BCUT2D eigenvalue weighted by Gasteiger charge is -2.19. The van der Waals surface area contributed by atoms with E-state index in [0.29, 0.717) is 22.4 Å². The van der Waals surface area contributed by atoms with Crippen molar-refractivity contribution in [2.45, 2.75) is 13.0 Å². The third kappa shape index (κ3) is 3.41. The van der Waals surface area contributed by atoms with E-state index in [9.17, 15) is 9.65 Å². The number of nitrogens with one attached hydrogen (secondary N) is 1. The summed E-state index contributed by atoms with van der Waals surface area (Å²) in [4.78, 5) is 7.96. The second-order valence-corrected chi connectivity index (χ2v) is 6.45. The predicted octanol–water partition coefficient (Wildman–Crippen LogP) is 3.85. The summed E-state index contributed by atoms with van der Waals surface area (Å²) in [7, 11) is 0. The van der Waals surface area contributed by atoms with Crippen LogP contribution in [-0.2, 0) is 0 Å². The van der Waals surface area contributed by atoms with Crippen molar-refractivity contribution in [3.8, 4) is 17.2 Å². The van der Waals surface area contributed by atoms with E-state index < -0.39 is 6.04 Å². The van der Waals surface area contributed by atoms with Gasteiger partial charge in [0.2, 0.25) is 0 Å². The molecule has 0 radical (unpaired) electrons. The fourth-order valence-electron chi connectivity index (χ4n) is 3.20. The van der Waals surface area contributed by atoms with Crippen LogP contribution < -0.4 is 11.1 Å². The van der Waals surface area contributed by atoms with Crippen molar-refractivity contribution in [2.75, 3.05) is 11.1 Å². The van der Waals surface area contributed by atoms with Gasteiger partial charge in [0, 0.05) is 10.9 Å². The summed E-state index contributed by atoms with van der Waals surface area (Å²) >= 11 is 0. The Morgan fingerprint density at radius 3 is 2.66 bits per heavy atom. The summed E-state index contributed by atoms with van der Waals surface area (Å²) in [5.41, 5.74) is 8.75. The Hall–Kier alpha value is -4.12. The highest BCUT2D eigenvalue weighted by Gasteiger charge is 2.20. The van der Waals surface area contributed by atoms with Crippen LogP contribution in [-0.4, -0.2) is 20.2 Å². The summed E-state index contributed by atoms with van der Waals surface area (Å²) in [5, 5.41) is 21.8. The van der Waals surface area contributed by atoms with Crippen molar-refractivity contribution in [1.29, 1.82) is 5.26 Å². The molecule has 0 saturated heterocycles. The van der Waals surface area contributed by atoms with Crippen LogP contribution in [0.15, 0.2) is 54.9 Å². The summed E-state index contributed by atoms with van der Waals surface area (Å²) in [5.74, 6) is 0.0318. The zero-order valence-corrected chi connectivity index (χ0v) is 15.5. The molecule has 4 rings (SSSR count). The van der Waals surface area contributed by atoms with Crippen molar-refractivity contribution in [3.63, 3.8) is 0 Å². The Bertz CT molecular complexity index is 1240. The van der Waals surface area contributed by atoms with E-state index in [-0.39, 0.29) is 17.2 Å². The molecule has 0 bridgehead atoms. The zero-order valence-electron chi connectivity index (χ0n) is 15.5. The highest BCUT2D eigenvalue weighted by molar-refractivity contribution is 5.95. The van der Waals surface area contributed by atoms with Gasteiger partial charge in [0.1, 0.15) is 35.4 Å². The number of halogens is 1. The van der Waals surface area contributed by atoms with Crippen LogP contribution in [0, 0.1) is 17.1 Å². The molecule has 0 aliphatic rings. The molecule has 0 amide bonds. The van der Waals surface area contributed by atoms with Crippen molar-refractivity contribution < 1.29 is 4.39 Å². The molecule has 142 valence electrons. The molecule has 2 aromatic carbocycles. The topological polar surface area (TPSA) is 113 Å². The largest absolute Gasteiger partial charge is 0.382 e. The molecule has 0 spiro atoms. The minimum atomic E-state index is -0.397. The first kappa shape index (κ1) is 18.3. The lowest BCUT2D eigenvalue weighted by Crippen LogP contribution is -2.14. The molecule has 0 saturated carbocycles. The number of nitrogens with zero attached hydrogens (tertiary/aromatic N) is 5. The fraction of sp³-hybridized carbons (Fsp3) is 0.0952. The van der Waals surface area contributed by atoms with Crippen molar-refractivity contribution in [3.05, 3.63) is 71.9 Å². The molecule has 0 aliphatic carbocycles. The van der Waals surface area contributed by atoms with Crippen molar-refractivity contribution >= 4 is 22.5 Å². The van der Waals surface area contributed by atoms with E-state index in [1.165, 1.54) is 18.5 Å². The van der Waals surface area contributed by atoms with E-state index in [1.807, 2.05) is 43.3 Å². The van der Waals surface area contributed by atoms with E-state index >= 15 is 0 Å². The molecule has 29 heavy (non-hydrogen) atoms. The second kappa shape index (κ2) is 7.48. The smallest absolute Gasteiger partial charge is 0.150 e. The Morgan fingerprint density at radius 1 is 1.10 bits per heavy atom. The zero-order chi connectivity index (χ0) is 20.4. The number of nitrogens with two attached hydrogens (primary N) is 1. The normalized spacial score (nSPS) is 11.8. The maximum atomic E-state index is 14.0. The molecule has 7 nitrogen and oxygen atoms in total. The summed E-state index contributed by atoms with van der Waals surface area (Å²) < 4.78 is 14.0. The first-order valence-corrected chi connectivity index (χ1v) is 8.87. The molecule has 0 aliphatic heterocycles. The second-order valence-electron chi connectivity index (χ2n) is 6.45. The molecule has 0 fully saturated rings. The fourth-order valence-corrected chi connectivity index (χ4v) is 3.20. The molecular weight excluding hydrogens is 369 g/mol. The van der Waals surface area contributed by atoms with Gasteiger partial charge in [-0.2, -0.15) is 15.5 Å². The number of fused-ring (bicyclic) bond motifs is 1. The molecule has 4 aromatic rings. The van der Waals surface area contributed by atoms with Crippen LogP contribution in [0.4, 0.5) is 16.0 Å². The summed E-state index contributed by atoms with van der Waals surface area (Å²) in [6.45, 7) is 1.86. The number of anilines is 2. The van der Waals surface area contributed by atoms with Gasteiger partial charge in [-0.1, -0.05) is 30.3 Å². The van der Waals surface area contributed by atoms with Gasteiger partial charge in [0.15, 0.2) is 0 Å². The maximum absolute atomic E-state index is 14.0. The summed E-state index contributed by atoms with van der Waals surface area (Å²) in [6.07, 6.45) is 1.28. The number of nitrogen functional groups attached to an aromatic ring is 1. The van der Waals surface area contributed by atoms with Gasteiger partial charge in [0.25, 0.3) is 0 Å². The van der Waals surface area contributed by atoms with Gasteiger partial charge in [-0.15, -0.1) is 0 Å². The molecule has 0 unspecified atom stereocenters. The van der Waals surface area contributed by atoms with Crippen LogP contribution in [0.25, 0.3) is 22.0 Å². The van der Waals surface area contributed by atoms with E-state index in [2.05, 4.69) is 25.5 Å². The molecule has 2 aromatic heterocycles. The van der Waals surface area contributed by atoms with Gasteiger partial charge >= 0.3 is 0 Å². The maximum Gasteiger partial charge on any atom is 0.150 e. The third-order valence-corrected chi connectivity index (χ3v) is 4.56. The van der Waals surface area contributed by atoms with E-state index in [4.69, 9.17) is 5.73 Å². The Morgan fingerprint density at radius 2 is 1.90 bits per heavy atom. The monoisotopic (exact) mass is 385 g/mol. The van der Waals surface area contributed by atoms with Crippen LogP contribution in [0.3, 0.4) is 0 Å². The lowest BCUT2D eigenvalue weighted by molar-refractivity contribution is 0.629. The quantitative estimate of drug-likeness (QED) is 0.548. The van der Waals surface area contributed by atoms with Crippen molar-refractivity contribution in [1.82, 2.24) is 20.2 Å². The van der Waals surface area contributed by atoms with Crippen LogP contribution in [0.2, 0.25) is 0 Å². The van der Waals surface area contributed by atoms with Gasteiger partial charge in [-0.05, 0) is 30.7 Å². The molecule has 8 heteroatoms. The average Bonchev–Trinajstić information content (AvgIpc) is 2.73. The number of aromatic nitrogens is 4.